The maximum absolute atomic E-state index is 8.79. The van der Waals surface area contributed by atoms with E-state index in [0.29, 0.717) is 11.8 Å². The van der Waals surface area contributed by atoms with E-state index >= 15 is 0 Å². The van der Waals surface area contributed by atoms with Crippen LogP contribution in [0.5, 0.6) is 0 Å². The minimum Gasteiger partial charge on any atom is -0.392 e. The fraction of sp³-hybridized carbons (Fsp3) is 0.467. The third kappa shape index (κ3) is 3.69. The molecule has 98 valence electrons. The summed E-state index contributed by atoms with van der Waals surface area (Å²) in [4.78, 5) is 0. The first kappa shape index (κ1) is 14.3. The van der Waals surface area contributed by atoms with E-state index in [-0.39, 0.29) is 6.61 Å². The largest absolute Gasteiger partial charge is 0.392 e. The molecule has 1 saturated carbocycles. The Labute approximate surface area is 126 Å². The van der Waals surface area contributed by atoms with Crippen LogP contribution in [0.2, 0.25) is 0 Å². The second kappa shape index (κ2) is 6.88. The van der Waals surface area contributed by atoms with Gasteiger partial charge in [0.05, 0.1) is 6.61 Å². The zero-order valence-electron chi connectivity index (χ0n) is 10.3. The lowest BCUT2D eigenvalue weighted by Crippen LogP contribution is -2.11. The first-order chi connectivity index (χ1) is 8.70. The van der Waals surface area contributed by atoms with Gasteiger partial charge in [-0.25, -0.2) is 0 Å². The van der Waals surface area contributed by atoms with Gasteiger partial charge >= 0.3 is 0 Å². The van der Waals surface area contributed by atoms with E-state index in [0.717, 1.165) is 8.95 Å². The molecule has 2 rings (SSSR count). The van der Waals surface area contributed by atoms with Gasteiger partial charge in [-0.1, -0.05) is 18.2 Å². The van der Waals surface area contributed by atoms with Crippen molar-refractivity contribution in [1.29, 1.82) is 0 Å². The third-order valence-corrected chi connectivity index (χ3v) is 5.58. The van der Waals surface area contributed by atoms with Gasteiger partial charge in [0.25, 0.3) is 0 Å². The number of allylic oxidation sites excluding steroid dienone is 1. The molecule has 1 aliphatic carbocycles. The highest BCUT2D eigenvalue weighted by molar-refractivity contribution is 9.13. The highest BCUT2D eigenvalue weighted by atomic mass is 79.9. The van der Waals surface area contributed by atoms with E-state index in [1.54, 1.807) is 0 Å². The van der Waals surface area contributed by atoms with E-state index in [1.165, 1.54) is 31.2 Å². The standard InChI is InChI=1S/C15H18Br2O/c16-14-8-7-13(10-15(14)17)12-5-3-11(4-6-12)2-1-9-18/h1-2,7-8,10-12,18H,3-6,9H2/b2-1+/t11-,12-. The van der Waals surface area contributed by atoms with Crippen molar-refractivity contribution in [3.8, 4) is 0 Å². The molecular formula is C15H18Br2O. The zero-order chi connectivity index (χ0) is 13.0. The number of halogens is 2. The summed E-state index contributed by atoms with van der Waals surface area (Å²) in [6.07, 6.45) is 9.00. The molecule has 0 atom stereocenters. The Morgan fingerprint density at radius 2 is 1.83 bits per heavy atom. The number of aliphatic hydroxyl groups is 1. The Balaban J connectivity index is 1.96. The van der Waals surface area contributed by atoms with Crippen molar-refractivity contribution < 1.29 is 5.11 Å². The molecule has 1 aliphatic rings. The highest BCUT2D eigenvalue weighted by Gasteiger charge is 2.21. The van der Waals surface area contributed by atoms with Gasteiger partial charge < -0.3 is 5.11 Å². The Hall–Kier alpha value is -0.120. The van der Waals surface area contributed by atoms with Crippen LogP contribution in [-0.2, 0) is 0 Å². The Morgan fingerprint density at radius 1 is 1.11 bits per heavy atom. The molecule has 0 spiro atoms. The van der Waals surface area contributed by atoms with E-state index in [9.17, 15) is 0 Å². The normalized spacial score (nSPS) is 24.6. The van der Waals surface area contributed by atoms with Gasteiger partial charge in [-0.05, 0) is 87.1 Å². The van der Waals surface area contributed by atoms with Gasteiger partial charge in [-0.2, -0.15) is 0 Å². The Bertz CT molecular complexity index is 421. The molecule has 0 radical (unpaired) electrons. The molecule has 3 heteroatoms. The van der Waals surface area contributed by atoms with Gasteiger partial charge in [0.15, 0.2) is 0 Å². The van der Waals surface area contributed by atoms with Crippen LogP contribution in [0, 0.1) is 5.92 Å². The van der Waals surface area contributed by atoms with Crippen LogP contribution in [0.1, 0.15) is 37.2 Å². The van der Waals surface area contributed by atoms with Crippen LogP contribution in [0.4, 0.5) is 0 Å². The summed E-state index contributed by atoms with van der Waals surface area (Å²) in [6, 6.07) is 6.58. The molecule has 18 heavy (non-hydrogen) atoms. The average Bonchev–Trinajstić information content (AvgIpc) is 2.40. The van der Waals surface area contributed by atoms with Gasteiger partial charge in [0.1, 0.15) is 0 Å². The first-order valence-electron chi connectivity index (χ1n) is 6.43. The average molecular weight is 374 g/mol. The maximum Gasteiger partial charge on any atom is 0.0612 e. The second-order valence-electron chi connectivity index (χ2n) is 4.90. The van der Waals surface area contributed by atoms with E-state index < -0.39 is 0 Å². The molecule has 0 saturated heterocycles. The van der Waals surface area contributed by atoms with Gasteiger partial charge in [-0.15, -0.1) is 0 Å². The molecule has 1 N–H and O–H groups in total. The number of aliphatic hydroxyl groups excluding tert-OH is 1. The smallest absolute Gasteiger partial charge is 0.0612 e. The van der Waals surface area contributed by atoms with Crippen LogP contribution < -0.4 is 0 Å². The fourth-order valence-corrected chi connectivity index (χ4v) is 3.31. The fourth-order valence-electron chi connectivity index (χ4n) is 2.66. The van der Waals surface area contributed by atoms with Gasteiger partial charge in [0.2, 0.25) is 0 Å². The lowest BCUT2D eigenvalue weighted by Gasteiger charge is -2.27. The van der Waals surface area contributed by atoms with Crippen molar-refractivity contribution in [1.82, 2.24) is 0 Å². The molecule has 0 aromatic heterocycles. The first-order valence-corrected chi connectivity index (χ1v) is 8.01. The van der Waals surface area contributed by atoms with E-state index in [1.807, 2.05) is 6.08 Å². The summed E-state index contributed by atoms with van der Waals surface area (Å²) in [6.45, 7) is 0.166. The van der Waals surface area contributed by atoms with E-state index in [4.69, 9.17) is 5.11 Å². The van der Waals surface area contributed by atoms with E-state index in [2.05, 4.69) is 56.1 Å². The molecule has 0 unspecified atom stereocenters. The summed E-state index contributed by atoms with van der Waals surface area (Å²) >= 11 is 7.08. The molecule has 1 fully saturated rings. The van der Waals surface area contributed by atoms with Crippen LogP contribution in [0.15, 0.2) is 39.3 Å². The van der Waals surface area contributed by atoms with Crippen molar-refractivity contribution >= 4 is 31.9 Å². The number of rotatable bonds is 3. The monoisotopic (exact) mass is 372 g/mol. The minimum atomic E-state index is 0.166. The molecular weight excluding hydrogens is 356 g/mol. The van der Waals surface area contributed by atoms with Crippen molar-refractivity contribution in [3.05, 3.63) is 44.9 Å². The Morgan fingerprint density at radius 3 is 2.44 bits per heavy atom. The lowest BCUT2D eigenvalue weighted by molar-refractivity contribution is 0.337. The molecule has 1 aromatic rings. The quantitative estimate of drug-likeness (QED) is 0.736. The summed E-state index contributed by atoms with van der Waals surface area (Å²) in [7, 11) is 0. The lowest BCUT2D eigenvalue weighted by atomic mass is 9.78. The third-order valence-electron chi connectivity index (χ3n) is 3.70. The maximum atomic E-state index is 8.79. The van der Waals surface area contributed by atoms with Crippen molar-refractivity contribution in [2.75, 3.05) is 6.61 Å². The molecule has 0 aliphatic heterocycles. The minimum absolute atomic E-state index is 0.166. The van der Waals surface area contributed by atoms with Crippen molar-refractivity contribution in [2.24, 2.45) is 5.92 Å². The summed E-state index contributed by atoms with van der Waals surface area (Å²) in [5.41, 5.74) is 1.44. The number of hydrogen-bond donors (Lipinski definition) is 1. The molecule has 0 amide bonds. The molecule has 1 nitrogen and oxygen atoms in total. The number of benzene rings is 1. The summed E-state index contributed by atoms with van der Waals surface area (Å²) in [5, 5.41) is 8.79. The molecule has 1 aromatic carbocycles. The predicted octanol–water partition coefficient (Wildman–Crippen LogP) is 5.03. The van der Waals surface area contributed by atoms with Gasteiger partial charge in [-0.3, -0.25) is 0 Å². The van der Waals surface area contributed by atoms with Crippen molar-refractivity contribution in [3.63, 3.8) is 0 Å². The summed E-state index contributed by atoms with van der Waals surface area (Å²) in [5.74, 6) is 1.35. The molecule has 0 bridgehead atoms. The topological polar surface area (TPSA) is 20.2 Å². The Kier molecular flexibility index (Phi) is 5.46. The van der Waals surface area contributed by atoms with Crippen LogP contribution in [0.3, 0.4) is 0 Å². The highest BCUT2D eigenvalue weighted by Crippen LogP contribution is 2.38. The van der Waals surface area contributed by atoms with Crippen LogP contribution in [-0.4, -0.2) is 11.7 Å². The van der Waals surface area contributed by atoms with Crippen LogP contribution >= 0.6 is 31.9 Å². The zero-order valence-corrected chi connectivity index (χ0v) is 13.5. The number of hydrogen-bond acceptors (Lipinski definition) is 1. The molecule has 0 heterocycles. The van der Waals surface area contributed by atoms with Crippen LogP contribution in [0.25, 0.3) is 0 Å². The van der Waals surface area contributed by atoms with Gasteiger partial charge in [0, 0.05) is 8.95 Å². The predicted molar refractivity (Wildman–Crippen MR) is 82.8 cm³/mol. The summed E-state index contributed by atoms with van der Waals surface area (Å²) < 4.78 is 2.26. The van der Waals surface area contributed by atoms with Crippen molar-refractivity contribution in [2.45, 2.75) is 31.6 Å². The SMILES string of the molecule is OC/C=C/[C@H]1CC[C@H](c2ccc(Br)c(Br)c2)CC1. The second-order valence-corrected chi connectivity index (χ2v) is 6.60.